The van der Waals surface area contributed by atoms with Crippen molar-refractivity contribution in [3.63, 3.8) is 0 Å². The van der Waals surface area contributed by atoms with Crippen LogP contribution in [0.5, 0.6) is 0 Å². The van der Waals surface area contributed by atoms with E-state index in [4.69, 9.17) is 0 Å². The first-order valence-electron chi connectivity index (χ1n) is 6.25. The number of hydrogen-bond acceptors (Lipinski definition) is 4. The van der Waals surface area contributed by atoms with Gasteiger partial charge in [-0.15, -0.1) is 4.91 Å². The molecule has 128 valence electrons. The van der Waals surface area contributed by atoms with E-state index in [0.29, 0.717) is 18.2 Å². The van der Waals surface area contributed by atoms with E-state index in [0.717, 1.165) is 24.3 Å². The molecule has 0 saturated heterocycles. The number of anilines is 2. The molecule has 0 bridgehead atoms. The van der Waals surface area contributed by atoms with Gasteiger partial charge in [0.1, 0.15) is 5.69 Å². The van der Waals surface area contributed by atoms with E-state index in [9.17, 15) is 36.5 Å². The molecule has 2 aromatic carbocycles. The fraction of sp³-hybridized carbons (Fsp3) is 0.143. The first-order chi connectivity index (χ1) is 11.0. The van der Waals surface area contributed by atoms with Gasteiger partial charge in [0.25, 0.3) is 0 Å². The number of nitroso groups, excluding NO2 is 1. The lowest BCUT2D eigenvalue weighted by Crippen LogP contribution is -2.18. The van der Waals surface area contributed by atoms with Crippen molar-refractivity contribution in [2.24, 2.45) is 5.18 Å². The van der Waals surface area contributed by atoms with Crippen LogP contribution in [0.1, 0.15) is 11.1 Å². The Labute approximate surface area is 130 Å². The van der Waals surface area contributed by atoms with Crippen LogP contribution in [-0.2, 0) is 12.4 Å². The Balaban J connectivity index is 2.54. The molecule has 0 aliphatic carbocycles. The summed E-state index contributed by atoms with van der Waals surface area (Å²) in [7, 11) is 0. The van der Waals surface area contributed by atoms with Gasteiger partial charge in [0, 0.05) is 0 Å². The molecule has 0 aliphatic rings. The lowest BCUT2D eigenvalue weighted by atomic mass is 10.1. The molecule has 0 radical (unpaired) electrons. The molecule has 0 amide bonds. The second-order valence-corrected chi connectivity index (χ2v) is 4.65. The second kappa shape index (κ2) is 6.11. The van der Waals surface area contributed by atoms with E-state index in [1.807, 2.05) is 0 Å². The molecule has 0 atom stereocenters. The fourth-order valence-electron chi connectivity index (χ4n) is 1.95. The summed E-state index contributed by atoms with van der Waals surface area (Å²) in [4.78, 5) is 10.4. The van der Waals surface area contributed by atoms with E-state index >= 15 is 0 Å². The molecule has 0 aliphatic heterocycles. The van der Waals surface area contributed by atoms with Gasteiger partial charge in [0.2, 0.25) is 0 Å². The molecule has 2 aromatic rings. The smallest absolute Gasteiger partial charge is 0.283 e. The molecule has 0 saturated carbocycles. The summed E-state index contributed by atoms with van der Waals surface area (Å²) < 4.78 is 77.2. The van der Waals surface area contributed by atoms with Crippen molar-refractivity contribution in [3.8, 4) is 0 Å². The van der Waals surface area contributed by atoms with Gasteiger partial charge in [-0.05, 0) is 41.6 Å². The highest BCUT2D eigenvalue weighted by Gasteiger charge is 2.36. The summed E-state index contributed by atoms with van der Waals surface area (Å²) in [5.41, 5.74) is -4.46. The van der Waals surface area contributed by atoms with Crippen molar-refractivity contribution in [3.05, 3.63) is 58.5 Å². The van der Waals surface area contributed by atoms with Gasteiger partial charge in [0.05, 0.1) is 22.5 Å². The minimum Gasteiger partial charge on any atom is -0.283 e. The molecular weight excluding hydrogens is 342 g/mol. The van der Waals surface area contributed by atoms with E-state index in [1.54, 1.807) is 0 Å². The van der Waals surface area contributed by atoms with Gasteiger partial charge in [-0.25, -0.2) is 5.06 Å². The summed E-state index contributed by atoms with van der Waals surface area (Å²) in [5, 5.41) is 12.3. The maximum Gasteiger partial charge on any atom is 0.418 e. The van der Waals surface area contributed by atoms with Crippen LogP contribution in [-0.4, -0.2) is 5.21 Å². The van der Waals surface area contributed by atoms with Crippen molar-refractivity contribution in [1.82, 2.24) is 0 Å². The predicted molar refractivity (Wildman–Crippen MR) is 72.3 cm³/mol. The molecule has 1 N–H and O–H groups in total. The maximum atomic E-state index is 13.0. The standard InChI is InChI=1S/C14H8F6N2O2/c15-13(16,17)8-2-1-3-10(6-8)22(24)12-5-4-9(21-23)7-11(12)14(18,19)20/h1-7,24H. The minimum atomic E-state index is -4.96. The van der Waals surface area contributed by atoms with Gasteiger partial charge >= 0.3 is 12.4 Å². The number of benzene rings is 2. The third-order valence-electron chi connectivity index (χ3n) is 3.04. The van der Waals surface area contributed by atoms with Crippen molar-refractivity contribution in [2.75, 3.05) is 5.06 Å². The SMILES string of the molecule is O=Nc1ccc(N(O)c2cccc(C(F)(F)F)c2)c(C(F)(F)F)c1. The van der Waals surface area contributed by atoms with Crippen LogP contribution >= 0.6 is 0 Å². The summed E-state index contributed by atoms with van der Waals surface area (Å²) in [5.74, 6) is 0. The van der Waals surface area contributed by atoms with Crippen molar-refractivity contribution >= 4 is 17.1 Å². The van der Waals surface area contributed by atoms with Gasteiger partial charge in [-0.2, -0.15) is 26.3 Å². The van der Waals surface area contributed by atoms with Gasteiger partial charge in [-0.1, -0.05) is 6.07 Å². The Morgan fingerprint density at radius 2 is 1.58 bits per heavy atom. The van der Waals surface area contributed by atoms with Crippen LogP contribution in [0, 0.1) is 4.91 Å². The zero-order valence-electron chi connectivity index (χ0n) is 11.6. The molecule has 2 rings (SSSR count). The molecule has 10 heteroatoms. The van der Waals surface area contributed by atoms with Crippen LogP contribution in [0.15, 0.2) is 47.6 Å². The highest BCUT2D eigenvalue weighted by atomic mass is 19.4. The number of hydrogen-bond donors (Lipinski definition) is 1. The molecule has 0 aromatic heterocycles. The summed E-state index contributed by atoms with van der Waals surface area (Å²) in [6.45, 7) is 0. The molecular formula is C14H8F6N2O2. The first-order valence-corrected chi connectivity index (χ1v) is 6.25. The summed E-state index contributed by atoms with van der Waals surface area (Å²) >= 11 is 0. The number of alkyl halides is 6. The zero-order chi connectivity index (χ0) is 18.1. The first kappa shape index (κ1) is 17.7. The van der Waals surface area contributed by atoms with Crippen LogP contribution in [0.4, 0.5) is 43.4 Å². The Morgan fingerprint density at radius 3 is 2.12 bits per heavy atom. The van der Waals surface area contributed by atoms with Crippen LogP contribution < -0.4 is 5.06 Å². The second-order valence-electron chi connectivity index (χ2n) is 4.65. The van der Waals surface area contributed by atoms with E-state index < -0.39 is 40.5 Å². The molecule has 24 heavy (non-hydrogen) atoms. The Bertz CT molecular complexity index is 758. The minimum absolute atomic E-state index is 0.0351. The van der Waals surface area contributed by atoms with Crippen LogP contribution in [0.2, 0.25) is 0 Å². The van der Waals surface area contributed by atoms with E-state index in [-0.39, 0.29) is 5.06 Å². The number of halogens is 6. The third-order valence-corrected chi connectivity index (χ3v) is 3.04. The number of rotatable bonds is 3. The lowest BCUT2D eigenvalue weighted by molar-refractivity contribution is -0.138. The molecule has 0 spiro atoms. The van der Waals surface area contributed by atoms with Crippen molar-refractivity contribution in [2.45, 2.75) is 12.4 Å². The average Bonchev–Trinajstić information content (AvgIpc) is 2.52. The quantitative estimate of drug-likeness (QED) is 0.442. The Hall–Kier alpha value is -2.62. The fourth-order valence-corrected chi connectivity index (χ4v) is 1.95. The molecule has 0 fully saturated rings. The molecule has 0 unspecified atom stereocenters. The zero-order valence-corrected chi connectivity index (χ0v) is 11.6. The highest BCUT2D eigenvalue weighted by Crippen LogP contribution is 2.41. The van der Waals surface area contributed by atoms with Gasteiger partial charge in [0.15, 0.2) is 0 Å². The molecule has 4 nitrogen and oxygen atoms in total. The lowest BCUT2D eigenvalue weighted by Gasteiger charge is -2.22. The Kier molecular flexibility index (Phi) is 4.52. The summed E-state index contributed by atoms with van der Waals surface area (Å²) in [6.07, 6.45) is -9.69. The van der Waals surface area contributed by atoms with Crippen molar-refractivity contribution in [1.29, 1.82) is 0 Å². The maximum absolute atomic E-state index is 13.0. The Morgan fingerprint density at radius 1 is 0.917 bits per heavy atom. The average molecular weight is 350 g/mol. The van der Waals surface area contributed by atoms with E-state index in [1.165, 1.54) is 0 Å². The summed E-state index contributed by atoms with van der Waals surface area (Å²) in [6, 6.07) is 5.16. The normalized spacial score (nSPS) is 12.1. The monoisotopic (exact) mass is 350 g/mol. The third kappa shape index (κ3) is 3.65. The van der Waals surface area contributed by atoms with E-state index in [2.05, 4.69) is 5.18 Å². The van der Waals surface area contributed by atoms with Gasteiger partial charge in [-0.3, -0.25) is 5.21 Å². The number of nitrogens with zero attached hydrogens (tertiary/aromatic N) is 2. The van der Waals surface area contributed by atoms with Crippen LogP contribution in [0.3, 0.4) is 0 Å². The topological polar surface area (TPSA) is 52.9 Å². The van der Waals surface area contributed by atoms with Crippen molar-refractivity contribution < 1.29 is 31.5 Å². The highest BCUT2D eigenvalue weighted by molar-refractivity contribution is 5.67. The largest absolute Gasteiger partial charge is 0.418 e. The van der Waals surface area contributed by atoms with Gasteiger partial charge < -0.3 is 0 Å². The molecule has 0 heterocycles. The predicted octanol–water partition coefficient (Wildman–Crippen LogP) is 5.65. The van der Waals surface area contributed by atoms with Crippen LogP contribution in [0.25, 0.3) is 0 Å².